The van der Waals surface area contributed by atoms with Gasteiger partial charge in [-0.3, -0.25) is 0 Å². The van der Waals surface area contributed by atoms with Gasteiger partial charge in [-0.05, 0) is 97.0 Å². The first-order chi connectivity index (χ1) is 27.7. The van der Waals surface area contributed by atoms with Crippen LogP contribution < -0.4 is 0 Å². The number of aromatic nitrogens is 2. The molecule has 12 rings (SSSR count). The molecule has 0 fully saturated rings. The van der Waals surface area contributed by atoms with Gasteiger partial charge in [-0.2, -0.15) is 0 Å². The summed E-state index contributed by atoms with van der Waals surface area (Å²) in [6.45, 7) is 0. The molecule has 0 N–H and O–H groups in total. The van der Waals surface area contributed by atoms with Gasteiger partial charge in [-0.25, -0.2) is 9.97 Å². The summed E-state index contributed by atoms with van der Waals surface area (Å²) in [7, 11) is 0. The summed E-state index contributed by atoms with van der Waals surface area (Å²) in [6, 6.07) is 65.0. The average molecular weight is 731 g/mol. The zero-order chi connectivity index (χ0) is 36.7. The van der Waals surface area contributed by atoms with Crippen LogP contribution in [0.2, 0.25) is 0 Å². The van der Waals surface area contributed by atoms with Crippen LogP contribution in [0.4, 0.5) is 0 Å². The van der Waals surface area contributed by atoms with Crippen molar-refractivity contribution < 1.29 is 4.42 Å². The van der Waals surface area contributed by atoms with Crippen LogP contribution in [0.15, 0.2) is 186 Å². The van der Waals surface area contributed by atoms with E-state index in [-0.39, 0.29) is 0 Å². The van der Waals surface area contributed by atoms with Crippen molar-refractivity contribution in [3.63, 3.8) is 0 Å². The Balaban J connectivity index is 1.11. The van der Waals surface area contributed by atoms with Crippen LogP contribution in [-0.4, -0.2) is 9.97 Å². The fraction of sp³-hybridized carbons (Fsp3) is 0. The van der Waals surface area contributed by atoms with Gasteiger partial charge in [0, 0.05) is 32.0 Å². The lowest BCUT2D eigenvalue weighted by atomic mass is 9.94. The van der Waals surface area contributed by atoms with Gasteiger partial charge in [0.2, 0.25) is 0 Å². The Morgan fingerprint density at radius 1 is 0.393 bits per heavy atom. The SMILES string of the molecule is c1ccc(-c2ccc3cc(-c4nc(-c5cc(-c6ccc7ccc8ccccc8c7c6)cc6oc7ccccc7c56)nc5c4sc4ccccc45)ccc3c2)cc1. The molecule has 9 aromatic carbocycles. The van der Waals surface area contributed by atoms with Gasteiger partial charge in [0.15, 0.2) is 5.82 Å². The number of hydrogen-bond acceptors (Lipinski definition) is 4. The van der Waals surface area contributed by atoms with Crippen molar-refractivity contribution in [1.29, 1.82) is 0 Å². The molecule has 0 bridgehead atoms. The molecular formula is C52H30N2OS. The summed E-state index contributed by atoms with van der Waals surface area (Å²) in [5.74, 6) is 0.681. The topological polar surface area (TPSA) is 38.9 Å². The van der Waals surface area contributed by atoms with Crippen molar-refractivity contribution in [2.24, 2.45) is 0 Å². The molecule has 0 saturated heterocycles. The molecule has 3 aromatic heterocycles. The molecule has 0 unspecified atom stereocenters. The zero-order valence-electron chi connectivity index (χ0n) is 30.0. The second kappa shape index (κ2) is 12.2. The van der Waals surface area contributed by atoms with Crippen LogP contribution in [-0.2, 0) is 0 Å². The summed E-state index contributed by atoms with van der Waals surface area (Å²) < 4.78 is 8.91. The first-order valence-electron chi connectivity index (χ1n) is 18.9. The third kappa shape index (κ3) is 4.90. The Hall–Kier alpha value is -7.14. The highest BCUT2D eigenvalue weighted by Gasteiger charge is 2.21. The van der Waals surface area contributed by atoms with Crippen molar-refractivity contribution in [2.45, 2.75) is 0 Å². The van der Waals surface area contributed by atoms with Gasteiger partial charge in [-0.1, -0.05) is 140 Å². The normalized spacial score (nSPS) is 11.9. The molecule has 0 saturated carbocycles. The number of thiophene rings is 1. The molecule has 0 spiro atoms. The van der Waals surface area contributed by atoms with Gasteiger partial charge in [0.1, 0.15) is 11.2 Å². The van der Waals surface area contributed by atoms with E-state index in [4.69, 9.17) is 14.4 Å². The number of rotatable bonds is 4. The molecule has 0 aliphatic rings. The average Bonchev–Trinajstić information content (AvgIpc) is 3.84. The van der Waals surface area contributed by atoms with Gasteiger partial charge < -0.3 is 4.42 Å². The predicted octanol–water partition coefficient (Wildman–Crippen LogP) is 14.9. The highest BCUT2D eigenvalue weighted by atomic mass is 32.1. The van der Waals surface area contributed by atoms with Crippen molar-refractivity contribution in [3.05, 3.63) is 182 Å². The number of furan rings is 1. The minimum atomic E-state index is 0.681. The maximum atomic E-state index is 6.63. The third-order valence-corrected chi connectivity index (χ3v) is 12.4. The van der Waals surface area contributed by atoms with Crippen LogP contribution in [0, 0.1) is 0 Å². The van der Waals surface area contributed by atoms with Crippen LogP contribution >= 0.6 is 11.3 Å². The standard InChI is InChI=1S/C52H30N2OS/c1-2-10-31(11-3-1)34-22-23-36-27-38(25-24-35(36)26-34)49-51-50(42-15-7-9-17-47(42)56-51)54-52(53-49)44-29-39(30-46-48(44)41-14-6-8-16-45(41)55-46)37-21-20-33-19-18-32-12-4-5-13-40(32)43(33)28-37/h1-30H. The zero-order valence-corrected chi connectivity index (χ0v) is 30.8. The Morgan fingerprint density at radius 2 is 1.04 bits per heavy atom. The summed E-state index contributed by atoms with van der Waals surface area (Å²) >= 11 is 1.76. The predicted molar refractivity (Wildman–Crippen MR) is 236 cm³/mol. The lowest BCUT2D eigenvalue weighted by molar-refractivity contribution is 0.669. The fourth-order valence-electron chi connectivity index (χ4n) is 8.49. The van der Waals surface area contributed by atoms with Gasteiger partial charge in [0.05, 0.1) is 15.9 Å². The van der Waals surface area contributed by atoms with E-state index >= 15 is 0 Å². The summed E-state index contributed by atoms with van der Waals surface area (Å²) in [4.78, 5) is 11.0. The number of hydrogen-bond donors (Lipinski definition) is 0. The third-order valence-electron chi connectivity index (χ3n) is 11.2. The van der Waals surface area contributed by atoms with Gasteiger partial charge >= 0.3 is 0 Å². The van der Waals surface area contributed by atoms with E-state index in [2.05, 4.69) is 170 Å². The van der Waals surface area contributed by atoms with Crippen LogP contribution in [0.5, 0.6) is 0 Å². The van der Waals surface area contributed by atoms with E-state index in [1.165, 1.54) is 48.1 Å². The fourth-order valence-corrected chi connectivity index (χ4v) is 9.64. The second-order valence-corrected chi connectivity index (χ2v) is 15.6. The van der Waals surface area contributed by atoms with E-state index in [0.717, 1.165) is 65.5 Å². The summed E-state index contributed by atoms with van der Waals surface area (Å²) in [6.07, 6.45) is 0. The van der Waals surface area contributed by atoms with Crippen LogP contribution in [0.3, 0.4) is 0 Å². The number of benzene rings is 9. The van der Waals surface area contributed by atoms with E-state index in [9.17, 15) is 0 Å². The highest BCUT2D eigenvalue weighted by molar-refractivity contribution is 7.26. The Labute approximate surface area is 325 Å². The molecule has 0 radical (unpaired) electrons. The molecular weight excluding hydrogens is 701 g/mol. The minimum Gasteiger partial charge on any atom is -0.456 e. The van der Waals surface area contributed by atoms with Crippen molar-refractivity contribution in [2.75, 3.05) is 0 Å². The first-order valence-corrected chi connectivity index (χ1v) is 19.7. The van der Waals surface area contributed by atoms with E-state index in [1.54, 1.807) is 11.3 Å². The molecule has 3 heterocycles. The molecule has 3 nitrogen and oxygen atoms in total. The second-order valence-electron chi connectivity index (χ2n) is 14.5. The molecule has 260 valence electrons. The van der Waals surface area contributed by atoms with Crippen molar-refractivity contribution in [1.82, 2.24) is 9.97 Å². The summed E-state index contributed by atoms with van der Waals surface area (Å²) in [5, 5.41) is 10.5. The minimum absolute atomic E-state index is 0.681. The number of fused-ring (bicyclic) bond motifs is 10. The molecule has 56 heavy (non-hydrogen) atoms. The number of nitrogens with zero attached hydrogens (tertiary/aromatic N) is 2. The molecule has 0 atom stereocenters. The molecule has 0 aliphatic heterocycles. The largest absolute Gasteiger partial charge is 0.456 e. The Bertz CT molecular complexity index is 3540. The van der Waals surface area contributed by atoms with E-state index in [0.29, 0.717) is 5.82 Å². The van der Waals surface area contributed by atoms with Crippen molar-refractivity contribution in [3.8, 4) is 44.9 Å². The van der Waals surface area contributed by atoms with Gasteiger partial charge in [-0.15, -0.1) is 11.3 Å². The smallest absolute Gasteiger partial charge is 0.161 e. The first kappa shape index (κ1) is 31.2. The Morgan fingerprint density at radius 3 is 1.89 bits per heavy atom. The molecule has 0 aliphatic carbocycles. The number of para-hydroxylation sites is 1. The van der Waals surface area contributed by atoms with E-state index in [1.807, 2.05) is 12.1 Å². The lowest BCUT2D eigenvalue weighted by Crippen LogP contribution is -1.95. The molecule has 4 heteroatoms. The van der Waals surface area contributed by atoms with Crippen LogP contribution in [0.1, 0.15) is 0 Å². The monoisotopic (exact) mass is 730 g/mol. The van der Waals surface area contributed by atoms with E-state index < -0.39 is 0 Å². The Kier molecular flexibility index (Phi) is 6.80. The summed E-state index contributed by atoms with van der Waals surface area (Å²) in [5.41, 5.74) is 10.2. The quantitative estimate of drug-likeness (QED) is 0.169. The van der Waals surface area contributed by atoms with Crippen LogP contribution in [0.25, 0.3) is 119 Å². The van der Waals surface area contributed by atoms with Gasteiger partial charge in [0.25, 0.3) is 0 Å². The highest BCUT2D eigenvalue weighted by Crippen LogP contribution is 2.44. The molecule has 12 aromatic rings. The molecule has 0 amide bonds. The van der Waals surface area contributed by atoms with Crippen molar-refractivity contribution >= 4 is 85.9 Å². The maximum absolute atomic E-state index is 6.63. The lowest BCUT2D eigenvalue weighted by Gasteiger charge is -2.12. The maximum Gasteiger partial charge on any atom is 0.161 e.